The monoisotopic (exact) mass is 1370 g/mol. The van der Waals surface area contributed by atoms with Crippen molar-refractivity contribution in [1.82, 2.24) is 38.2 Å². The fourth-order valence-corrected chi connectivity index (χ4v) is 13.6. The van der Waals surface area contributed by atoms with Crippen molar-refractivity contribution >= 4 is 15.9 Å². The number of para-hydroxylation sites is 4. The minimum Gasteiger partial charge on any atom is -0.508 e. The number of halogens is 1. The van der Waals surface area contributed by atoms with E-state index in [-0.39, 0.29) is 13.2 Å². The van der Waals surface area contributed by atoms with Gasteiger partial charge in [-0.25, -0.2) is 19.9 Å². The Labute approximate surface area is 592 Å². The highest BCUT2D eigenvalue weighted by atomic mass is 79.9. The number of nitrogens with zero attached hydrogens (tertiary/aromatic N) is 8. The van der Waals surface area contributed by atoms with E-state index >= 15 is 0 Å². The highest BCUT2D eigenvalue weighted by Crippen LogP contribution is 2.41. The van der Waals surface area contributed by atoms with Crippen molar-refractivity contribution in [2.45, 2.75) is 179 Å². The lowest BCUT2D eigenvalue weighted by atomic mass is 9.92. The summed E-state index contributed by atoms with van der Waals surface area (Å²) in [5.41, 5.74) is 21.7. The molecule has 0 amide bonds. The molecule has 0 spiro atoms. The Kier molecular flexibility index (Phi) is 23.8. The van der Waals surface area contributed by atoms with Crippen molar-refractivity contribution in [3.63, 3.8) is 0 Å². The van der Waals surface area contributed by atoms with Crippen LogP contribution in [0.3, 0.4) is 0 Å². The van der Waals surface area contributed by atoms with E-state index in [0.29, 0.717) is 47.3 Å². The molecule has 0 radical (unpaired) electrons. The van der Waals surface area contributed by atoms with E-state index in [1.54, 1.807) is 12.1 Å². The molecule has 10 nitrogen and oxygen atoms in total. The maximum atomic E-state index is 10.0. The molecule has 12 rings (SSSR count). The molecule has 508 valence electrons. The standard InChI is InChI=1S/C43H48N4O.C22H26N2O.C21H23BrN2.CH4/c1-27(2)36-15-11-16-37(28(3)4)40(36)46-21-19-44-42(46)32-13-10-14-34(25-32)48-35-24-31(9)23-33(26-35)43-45-20-22-47(43)41-38(29(5)6)17-12-18-39(41)30(7)8;1-14(2)19-7-6-8-20(15(3)4)21(19)24-10-9-23-22(24)17-11-16(5)12-18(25)13-17;1-14(2)18-9-6-10-19(15(3)4)20(18)24-12-11-23-21(24)16-7-5-8-17(22)13-16;/h10-30H,1-9H3;6-15,25H,1-5H3;5-15H,1-4H3;1H4. The molecule has 12 aromatic rings. The van der Waals surface area contributed by atoms with E-state index in [2.05, 4.69) is 308 Å². The molecule has 0 aliphatic rings. The normalized spacial score (nSPS) is 11.5. The number of benzene rings is 8. The van der Waals surface area contributed by atoms with Gasteiger partial charge in [0.05, 0.1) is 22.7 Å². The van der Waals surface area contributed by atoms with Gasteiger partial charge in [0.2, 0.25) is 0 Å². The van der Waals surface area contributed by atoms with Gasteiger partial charge in [0.15, 0.2) is 0 Å². The average Bonchev–Trinajstić information content (AvgIpc) is 1.51. The van der Waals surface area contributed by atoms with Crippen LogP contribution in [-0.2, 0) is 0 Å². The molecule has 0 aliphatic carbocycles. The van der Waals surface area contributed by atoms with Gasteiger partial charge in [0.25, 0.3) is 0 Å². The van der Waals surface area contributed by atoms with Crippen molar-refractivity contribution in [3.8, 4) is 85.5 Å². The van der Waals surface area contributed by atoms with Crippen LogP contribution in [0, 0.1) is 13.8 Å². The summed E-state index contributed by atoms with van der Waals surface area (Å²) in [4.78, 5) is 19.0. The van der Waals surface area contributed by atoms with Crippen LogP contribution < -0.4 is 4.74 Å². The third-order valence-corrected chi connectivity index (χ3v) is 18.4. The summed E-state index contributed by atoms with van der Waals surface area (Å²) < 4.78 is 16.6. The van der Waals surface area contributed by atoms with Gasteiger partial charge in [-0.3, -0.25) is 18.3 Å². The topological polar surface area (TPSA) is 101 Å². The summed E-state index contributed by atoms with van der Waals surface area (Å²) in [5, 5.41) is 10.0. The number of imidazole rings is 4. The Morgan fingerprint density at radius 2 is 0.592 bits per heavy atom. The van der Waals surface area contributed by atoms with E-state index in [0.717, 1.165) is 72.7 Å². The molecule has 1 N–H and O–H groups in total. The Hall–Kier alpha value is -9.32. The van der Waals surface area contributed by atoms with Gasteiger partial charge in [-0.05, 0) is 177 Å². The SMILES string of the molecule is C.CC(C)c1cccc(C(C)C)c1-n1ccnc1-c1cccc(Br)c1.Cc1cc(O)cc(-c2nccn2-c2c(C(C)C)cccc2C(C)C)c1.Cc1cc(Oc2cccc(-c3nccn3-c3c(C(C)C)cccc3C(C)C)c2)cc(-c2nccn2-c2c(C(C)C)cccc2C(C)C)c1. The molecule has 0 bridgehead atoms. The van der Waals surface area contributed by atoms with Crippen LogP contribution in [0.25, 0.3) is 68.3 Å². The number of aromatic hydroxyl groups is 1. The summed E-state index contributed by atoms with van der Waals surface area (Å²) in [6.45, 7) is 40.0. The van der Waals surface area contributed by atoms with E-state index in [4.69, 9.17) is 14.7 Å². The molecule has 4 heterocycles. The zero-order valence-electron chi connectivity index (χ0n) is 60.1. The number of ether oxygens (including phenoxy) is 1. The van der Waals surface area contributed by atoms with Crippen LogP contribution in [0.1, 0.15) is 221 Å². The number of phenols is 1. The minimum absolute atomic E-state index is 0. The van der Waals surface area contributed by atoms with Crippen molar-refractivity contribution in [1.29, 1.82) is 0 Å². The molecule has 0 unspecified atom stereocenters. The number of aryl methyl sites for hydroxylation is 2. The van der Waals surface area contributed by atoms with Gasteiger partial charge < -0.3 is 9.84 Å². The third-order valence-electron chi connectivity index (χ3n) is 17.9. The lowest BCUT2D eigenvalue weighted by Gasteiger charge is -2.22. The number of hydrogen-bond acceptors (Lipinski definition) is 6. The van der Waals surface area contributed by atoms with Gasteiger partial charge >= 0.3 is 0 Å². The van der Waals surface area contributed by atoms with Crippen LogP contribution in [-0.4, -0.2) is 43.3 Å². The molecule has 0 fully saturated rings. The zero-order valence-corrected chi connectivity index (χ0v) is 61.6. The fourth-order valence-electron chi connectivity index (χ4n) is 13.2. The Morgan fingerprint density at radius 1 is 0.316 bits per heavy atom. The molecule has 4 aromatic heterocycles. The van der Waals surface area contributed by atoms with Gasteiger partial charge in [-0.2, -0.15) is 0 Å². The van der Waals surface area contributed by atoms with Crippen molar-refractivity contribution in [3.05, 3.63) is 267 Å². The predicted octanol–water partition coefficient (Wildman–Crippen LogP) is 25.0. The highest BCUT2D eigenvalue weighted by molar-refractivity contribution is 9.10. The molecule has 11 heteroatoms. The second-order valence-corrected chi connectivity index (χ2v) is 29.0. The number of aromatic nitrogens is 8. The number of hydrogen-bond donors (Lipinski definition) is 1. The summed E-state index contributed by atoms with van der Waals surface area (Å²) in [5.74, 6) is 8.68. The van der Waals surface area contributed by atoms with Crippen LogP contribution in [0.2, 0.25) is 0 Å². The molecule has 0 saturated heterocycles. The van der Waals surface area contributed by atoms with Crippen molar-refractivity contribution in [2.75, 3.05) is 0 Å². The second-order valence-electron chi connectivity index (χ2n) is 28.1. The molecule has 8 aromatic carbocycles. The van der Waals surface area contributed by atoms with Crippen LogP contribution >= 0.6 is 15.9 Å². The highest BCUT2D eigenvalue weighted by Gasteiger charge is 2.24. The fraction of sp³-hybridized carbons (Fsp3) is 0.310. The summed E-state index contributed by atoms with van der Waals surface area (Å²) in [6, 6.07) is 55.0. The number of rotatable bonds is 18. The van der Waals surface area contributed by atoms with Crippen molar-refractivity contribution < 1.29 is 9.84 Å². The summed E-state index contributed by atoms with van der Waals surface area (Å²) in [7, 11) is 0. The first-order chi connectivity index (χ1) is 46.4. The predicted molar refractivity (Wildman–Crippen MR) is 414 cm³/mol. The largest absolute Gasteiger partial charge is 0.508 e. The van der Waals surface area contributed by atoms with Gasteiger partial charge in [-0.1, -0.05) is 231 Å². The van der Waals surface area contributed by atoms with E-state index in [1.165, 1.54) is 67.3 Å². The molecule has 0 atom stereocenters. The Balaban J connectivity index is 0.000000189. The first-order valence-corrected chi connectivity index (χ1v) is 35.3. The second kappa shape index (κ2) is 31.9. The molecule has 98 heavy (non-hydrogen) atoms. The van der Waals surface area contributed by atoms with E-state index < -0.39 is 0 Å². The molecule has 0 saturated carbocycles. The van der Waals surface area contributed by atoms with Gasteiger partial charge in [0, 0.05) is 76.3 Å². The van der Waals surface area contributed by atoms with Gasteiger partial charge in [0.1, 0.15) is 40.5 Å². The van der Waals surface area contributed by atoms with E-state index in [9.17, 15) is 5.11 Å². The third kappa shape index (κ3) is 16.1. The van der Waals surface area contributed by atoms with Gasteiger partial charge in [-0.15, -0.1) is 0 Å². The van der Waals surface area contributed by atoms with Crippen molar-refractivity contribution in [2.24, 2.45) is 0 Å². The average molecular weight is 1370 g/mol. The Bertz CT molecular complexity index is 4540. The maximum Gasteiger partial charge on any atom is 0.144 e. The molecular weight excluding hydrogens is 1270 g/mol. The zero-order chi connectivity index (χ0) is 69.5. The van der Waals surface area contributed by atoms with Crippen LogP contribution in [0.5, 0.6) is 17.2 Å². The molecule has 0 aliphatic heterocycles. The number of phenolic OH excluding ortho intramolecular Hbond substituents is 1. The maximum absolute atomic E-state index is 10.0. The Morgan fingerprint density at radius 3 is 0.908 bits per heavy atom. The van der Waals surface area contributed by atoms with Crippen LogP contribution in [0.15, 0.2) is 212 Å². The lowest BCUT2D eigenvalue weighted by Crippen LogP contribution is -2.08. The first-order valence-electron chi connectivity index (χ1n) is 34.5. The summed E-state index contributed by atoms with van der Waals surface area (Å²) >= 11 is 3.57. The van der Waals surface area contributed by atoms with E-state index in [1.807, 2.05) is 56.1 Å². The van der Waals surface area contributed by atoms with Crippen LogP contribution in [0.4, 0.5) is 0 Å². The first kappa shape index (κ1) is 72.9. The quantitative estimate of drug-likeness (QED) is 0.0919. The minimum atomic E-state index is 0. The summed E-state index contributed by atoms with van der Waals surface area (Å²) in [6.07, 6.45) is 15.7. The lowest BCUT2D eigenvalue weighted by molar-refractivity contribution is 0.475. The smallest absolute Gasteiger partial charge is 0.144 e. The molecular formula is C87H101BrN8O2.